The van der Waals surface area contributed by atoms with Gasteiger partial charge in [0.25, 0.3) is 11.8 Å². The highest BCUT2D eigenvalue weighted by atomic mass is 19.2. The smallest absolute Gasteiger partial charge is 0.278 e. The Labute approximate surface area is 188 Å². The van der Waals surface area contributed by atoms with E-state index < -0.39 is 23.4 Å². The second-order valence-electron chi connectivity index (χ2n) is 7.36. The minimum atomic E-state index is -1.21. The lowest BCUT2D eigenvalue weighted by Gasteiger charge is -2.14. The van der Waals surface area contributed by atoms with E-state index in [1.54, 1.807) is 42.9 Å². The Morgan fingerprint density at radius 1 is 1.06 bits per heavy atom. The van der Waals surface area contributed by atoms with Crippen LogP contribution in [0.15, 0.2) is 59.5 Å². The number of aromatic nitrogens is 2. The number of aliphatic imine (C=N–C) groups is 1. The number of benzene rings is 1. The van der Waals surface area contributed by atoms with Crippen molar-refractivity contribution in [3.05, 3.63) is 83.1 Å². The number of halogens is 2. The molecule has 33 heavy (non-hydrogen) atoms. The molecule has 1 aromatic carbocycles. The van der Waals surface area contributed by atoms with Gasteiger partial charge >= 0.3 is 0 Å². The predicted molar refractivity (Wildman–Crippen MR) is 120 cm³/mol. The van der Waals surface area contributed by atoms with Gasteiger partial charge in [-0.1, -0.05) is 12.2 Å². The minimum absolute atomic E-state index is 0.0529. The number of carbonyl (C=O) groups excluding carboxylic acids is 2. The topological polar surface area (TPSA) is 108 Å². The molecule has 0 saturated heterocycles. The fourth-order valence-electron chi connectivity index (χ4n) is 3.08. The SMILES string of the molecule is CNC(=O)c1cc(F)c(F)cc1NC(=O)c1nc(C2CC2)cnc1NC1=C/C=C/C=C/N=C\1. The molecule has 1 aromatic heterocycles. The third kappa shape index (κ3) is 5.17. The lowest BCUT2D eigenvalue weighted by molar-refractivity contribution is 0.0963. The molecule has 8 nitrogen and oxygen atoms in total. The summed E-state index contributed by atoms with van der Waals surface area (Å²) in [5, 5.41) is 7.82. The summed E-state index contributed by atoms with van der Waals surface area (Å²) in [5.41, 5.74) is 0.741. The van der Waals surface area contributed by atoms with E-state index in [-0.39, 0.29) is 28.7 Å². The predicted octanol–water partition coefficient (Wildman–Crippen LogP) is 3.69. The van der Waals surface area contributed by atoms with Crippen molar-refractivity contribution in [3.63, 3.8) is 0 Å². The van der Waals surface area contributed by atoms with E-state index in [4.69, 9.17) is 0 Å². The lowest BCUT2D eigenvalue weighted by Crippen LogP contribution is -2.23. The average Bonchev–Trinajstić information content (AvgIpc) is 3.63. The molecule has 2 aliphatic rings. The van der Waals surface area contributed by atoms with Crippen LogP contribution in [0, 0.1) is 11.6 Å². The molecule has 1 saturated carbocycles. The second-order valence-corrected chi connectivity index (χ2v) is 7.36. The van der Waals surface area contributed by atoms with Crippen LogP contribution in [0.2, 0.25) is 0 Å². The monoisotopic (exact) mass is 450 g/mol. The van der Waals surface area contributed by atoms with Crippen LogP contribution in [0.5, 0.6) is 0 Å². The summed E-state index contributed by atoms with van der Waals surface area (Å²) in [6.07, 6.45) is 13.7. The van der Waals surface area contributed by atoms with Crippen molar-refractivity contribution < 1.29 is 18.4 Å². The Morgan fingerprint density at radius 3 is 2.61 bits per heavy atom. The summed E-state index contributed by atoms with van der Waals surface area (Å²) in [4.78, 5) is 38.2. The van der Waals surface area contributed by atoms with E-state index in [1.165, 1.54) is 7.05 Å². The van der Waals surface area contributed by atoms with E-state index in [0.717, 1.165) is 25.0 Å². The van der Waals surface area contributed by atoms with Crippen LogP contribution in [0.4, 0.5) is 20.3 Å². The maximum atomic E-state index is 13.9. The second kappa shape index (κ2) is 9.51. The Bertz CT molecular complexity index is 1230. The molecular formula is C23H20F2N6O2. The van der Waals surface area contributed by atoms with Crippen LogP contribution >= 0.6 is 0 Å². The van der Waals surface area contributed by atoms with Crippen molar-refractivity contribution in [1.29, 1.82) is 0 Å². The molecule has 4 rings (SSSR count). The molecule has 2 heterocycles. The van der Waals surface area contributed by atoms with Crippen molar-refractivity contribution in [2.45, 2.75) is 18.8 Å². The summed E-state index contributed by atoms with van der Waals surface area (Å²) < 4.78 is 27.6. The number of hydrogen-bond acceptors (Lipinski definition) is 6. The van der Waals surface area contributed by atoms with Gasteiger partial charge in [-0.25, -0.2) is 18.7 Å². The van der Waals surface area contributed by atoms with Gasteiger partial charge in [0.05, 0.1) is 35.1 Å². The van der Waals surface area contributed by atoms with Crippen molar-refractivity contribution >= 4 is 29.5 Å². The van der Waals surface area contributed by atoms with Gasteiger partial charge in [-0.3, -0.25) is 14.6 Å². The van der Waals surface area contributed by atoms with E-state index in [1.807, 2.05) is 0 Å². The first kappa shape index (κ1) is 22.0. The van der Waals surface area contributed by atoms with Crippen LogP contribution < -0.4 is 16.0 Å². The van der Waals surface area contributed by atoms with E-state index in [9.17, 15) is 18.4 Å². The first-order valence-electron chi connectivity index (χ1n) is 10.2. The highest BCUT2D eigenvalue weighted by Gasteiger charge is 2.28. The third-order valence-corrected chi connectivity index (χ3v) is 4.93. The average molecular weight is 450 g/mol. The maximum Gasteiger partial charge on any atom is 0.278 e. The zero-order chi connectivity index (χ0) is 23.4. The molecule has 1 fully saturated rings. The van der Waals surface area contributed by atoms with Crippen LogP contribution in [0.25, 0.3) is 0 Å². The number of anilines is 2. The Kier molecular flexibility index (Phi) is 6.34. The van der Waals surface area contributed by atoms with Gasteiger partial charge in [0.2, 0.25) is 0 Å². The zero-order valence-corrected chi connectivity index (χ0v) is 17.6. The molecule has 0 spiro atoms. The van der Waals surface area contributed by atoms with Gasteiger partial charge in [0.1, 0.15) is 0 Å². The molecule has 0 bridgehead atoms. The van der Waals surface area contributed by atoms with E-state index >= 15 is 0 Å². The van der Waals surface area contributed by atoms with Crippen LogP contribution in [0.3, 0.4) is 0 Å². The first-order valence-corrected chi connectivity index (χ1v) is 10.2. The highest BCUT2D eigenvalue weighted by molar-refractivity contribution is 6.10. The summed E-state index contributed by atoms with van der Waals surface area (Å²) in [5.74, 6) is -3.46. The number of carbonyl (C=O) groups is 2. The Balaban J connectivity index is 1.69. The Hall–Kier alpha value is -4.21. The number of allylic oxidation sites excluding steroid dienone is 5. The molecule has 0 atom stereocenters. The number of rotatable bonds is 6. The number of amides is 2. The fraction of sp³-hybridized carbons (Fsp3) is 0.174. The van der Waals surface area contributed by atoms with Gasteiger partial charge in [-0.2, -0.15) is 0 Å². The molecule has 1 aliphatic heterocycles. The van der Waals surface area contributed by atoms with Crippen LogP contribution in [-0.4, -0.2) is 35.0 Å². The molecule has 168 valence electrons. The Morgan fingerprint density at radius 2 is 1.85 bits per heavy atom. The van der Waals surface area contributed by atoms with Gasteiger partial charge in [0.15, 0.2) is 23.1 Å². The largest absolute Gasteiger partial charge is 0.355 e. The highest BCUT2D eigenvalue weighted by Crippen LogP contribution is 2.39. The van der Waals surface area contributed by atoms with Gasteiger partial charge in [-0.05, 0) is 31.1 Å². The normalized spacial score (nSPS) is 19.3. The quantitative estimate of drug-likeness (QED) is 0.622. The van der Waals surface area contributed by atoms with Gasteiger partial charge in [0, 0.05) is 25.2 Å². The molecule has 2 amide bonds. The van der Waals surface area contributed by atoms with Crippen molar-refractivity contribution in [1.82, 2.24) is 15.3 Å². The standard InChI is InChI=1S/C23H20F2N6O2/c1-26-22(32)15-9-16(24)17(25)10-18(15)31-23(33)20-21(28-12-19(30-20)13-6-7-13)29-14-5-3-2-4-8-27-11-14/h2-5,8-13H,6-7H2,1H3,(H,26,32)(H,28,29)(H,31,33)/b3-2+,4-2?,5-3?,8-4+,14-5+,14-11?,27-8?,27-11-. The number of hydrogen-bond donors (Lipinski definition) is 3. The van der Waals surface area contributed by atoms with Crippen LogP contribution in [0.1, 0.15) is 45.3 Å². The number of nitrogens with zero attached hydrogens (tertiary/aromatic N) is 3. The summed E-state index contributed by atoms with van der Waals surface area (Å²) >= 11 is 0. The number of nitrogens with one attached hydrogen (secondary N) is 3. The molecule has 0 unspecified atom stereocenters. The fourth-order valence-corrected chi connectivity index (χ4v) is 3.08. The summed E-state index contributed by atoms with van der Waals surface area (Å²) in [6.45, 7) is 0. The molecule has 10 heteroatoms. The van der Waals surface area contributed by atoms with Crippen molar-refractivity contribution in [2.24, 2.45) is 4.99 Å². The lowest BCUT2D eigenvalue weighted by atomic mass is 10.1. The molecular weight excluding hydrogens is 430 g/mol. The zero-order valence-electron chi connectivity index (χ0n) is 17.6. The molecule has 0 radical (unpaired) electrons. The van der Waals surface area contributed by atoms with Crippen molar-refractivity contribution in [2.75, 3.05) is 17.7 Å². The van der Waals surface area contributed by atoms with E-state index in [2.05, 4.69) is 30.9 Å². The van der Waals surface area contributed by atoms with Gasteiger partial charge in [-0.15, -0.1) is 0 Å². The third-order valence-electron chi connectivity index (χ3n) is 4.93. The molecule has 1 aliphatic carbocycles. The van der Waals surface area contributed by atoms with Gasteiger partial charge < -0.3 is 16.0 Å². The maximum absolute atomic E-state index is 13.9. The first-order chi connectivity index (χ1) is 16.0. The summed E-state index contributed by atoms with van der Waals surface area (Å²) in [7, 11) is 1.34. The van der Waals surface area contributed by atoms with E-state index in [0.29, 0.717) is 11.4 Å². The van der Waals surface area contributed by atoms with Crippen molar-refractivity contribution in [3.8, 4) is 0 Å². The summed E-state index contributed by atoms with van der Waals surface area (Å²) in [6, 6.07) is 1.48. The minimum Gasteiger partial charge on any atom is -0.355 e. The molecule has 3 N–H and O–H groups in total. The molecule has 2 aromatic rings. The van der Waals surface area contributed by atoms with Crippen LogP contribution in [-0.2, 0) is 0 Å².